The zero-order valence-corrected chi connectivity index (χ0v) is 11.3. The quantitative estimate of drug-likeness (QED) is 0.871. The van der Waals surface area contributed by atoms with Gasteiger partial charge in [0.2, 0.25) is 0 Å². The lowest BCUT2D eigenvalue weighted by atomic mass is 10.1. The van der Waals surface area contributed by atoms with Gasteiger partial charge in [-0.3, -0.25) is 14.6 Å². The van der Waals surface area contributed by atoms with Crippen molar-refractivity contribution in [3.8, 4) is 5.75 Å². The van der Waals surface area contributed by atoms with Crippen LogP contribution in [-0.2, 0) is 11.3 Å². The first-order valence-electron chi connectivity index (χ1n) is 6.18. The van der Waals surface area contributed by atoms with Gasteiger partial charge >= 0.3 is 5.97 Å². The highest BCUT2D eigenvalue weighted by Gasteiger charge is 2.19. The second kappa shape index (κ2) is 6.23. The van der Waals surface area contributed by atoms with Gasteiger partial charge in [0, 0.05) is 43.3 Å². The molecule has 6 heteroatoms. The molecule has 0 amide bonds. The van der Waals surface area contributed by atoms with Gasteiger partial charge in [0.25, 0.3) is 0 Å². The number of phenolic OH excluding ortho intramolecular Hbond substituents is 1. The Morgan fingerprint density at radius 3 is 2.47 bits per heavy atom. The van der Waals surface area contributed by atoms with E-state index >= 15 is 0 Å². The molecule has 1 aromatic carbocycles. The topological polar surface area (TPSA) is 64.0 Å². The number of hydrogen-bond donors (Lipinski definition) is 2. The maximum absolute atomic E-state index is 10.6. The molecule has 5 nitrogen and oxygen atoms in total. The summed E-state index contributed by atoms with van der Waals surface area (Å²) in [6.45, 7) is 3.77. The number of aromatic hydroxyl groups is 1. The highest BCUT2D eigenvalue weighted by molar-refractivity contribution is 6.30. The smallest absolute Gasteiger partial charge is 0.317 e. The molecule has 1 aliphatic heterocycles. The number of carbonyl (C=O) groups is 1. The predicted octanol–water partition coefficient (Wildman–Crippen LogP) is 1.25. The van der Waals surface area contributed by atoms with Crippen LogP contribution < -0.4 is 0 Å². The molecule has 1 heterocycles. The second-order valence-corrected chi connectivity index (χ2v) is 5.16. The van der Waals surface area contributed by atoms with Crippen molar-refractivity contribution >= 4 is 17.6 Å². The van der Waals surface area contributed by atoms with E-state index in [2.05, 4.69) is 4.90 Å². The number of aliphatic carboxylic acids is 1. The minimum absolute atomic E-state index is 0.0935. The summed E-state index contributed by atoms with van der Waals surface area (Å²) in [4.78, 5) is 14.7. The van der Waals surface area contributed by atoms with Crippen molar-refractivity contribution in [2.45, 2.75) is 6.54 Å². The molecule has 0 atom stereocenters. The first-order valence-corrected chi connectivity index (χ1v) is 6.56. The molecule has 0 radical (unpaired) electrons. The van der Waals surface area contributed by atoms with E-state index in [-0.39, 0.29) is 12.3 Å². The molecule has 2 N–H and O–H groups in total. The van der Waals surface area contributed by atoms with Crippen LogP contribution in [0.1, 0.15) is 5.56 Å². The van der Waals surface area contributed by atoms with E-state index in [9.17, 15) is 9.90 Å². The third kappa shape index (κ3) is 4.09. The highest BCUT2D eigenvalue weighted by Crippen LogP contribution is 2.23. The van der Waals surface area contributed by atoms with Gasteiger partial charge in [0.15, 0.2) is 0 Å². The summed E-state index contributed by atoms with van der Waals surface area (Å²) in [5, 5.41) is 19.1. The SMILES string of the molecule is O=C(O)CN1CCN(Cc2cc(Cl)ccc2O)CC1. The van der Waals surface area contributed by atoms with E-state index in [1.165, 1.54) is 0 Å². The van der Waals surface area contributed by atoms with Crippen molar-refractivity contribution in [3.05, 3.63) is 28.8 Å². The van der Waals surface area contributed by atoms with Gasteiger partial charge in [-0.15, -0.1) is 0 Å². The van der Waals surface area contributed by atoms with Crippen molar-refractivity contribution in [3.63, 3.8) is 0 Å². The van der Waals surface area contributed by atoms with E-state index in [1.807, 2.05) is 4.90 Å². The maximum Gasteiger partial charge on any atom is 0.317 e. The second-order valence-electron chi connectivity index (χ2n) is 4.72. The first kappa shape index (κ1) is 14.1. The van der Waals surface area contributed by atoms with E-state index < -0.39 is 5.97 Å². The molecule has 1 fully saturated rings. The summed E-state index contributed by atoms with van der Waals surface area (Å²) in [5.41, 5.74) is 0.805. The predicted molar refractivity (Wildman–Crippen MR) is 72.5 cm³/mol. The third-order valence-corrected chi connectivity index (χ3v) is 3.49. The Kier molecular flexibility index (Phi) is 4.63. The zero-order chi connectivity index (χ0) is 13.8. The van der Waals surface area contributed by atoms with E-state index in [1.54, 1.807) is 18.2 Å². The molecule has 104 valence electrons. The van der Waals surface area contributed by atoms with Crippen molar-refractivity contribution in [2.75, 3.05) is 32.7 Å². The molecular weight excluding hydrogens is 268 g/mol. The number of nitrogens with zero attached hydrogens (tertiary/aromatic N) is 2. The van der Waals surface area contributed by atoms with Crippen LogP contribution in [0.25, 0.3) is 0 Å². The van der Waals surface area contributed by atoms with Crippen LogP contribution in [0.5, 0.6) is 5.75 Å². The number of carboxylic acid groups (broad SMARTS) is 1. The largest absolute Gasteiger partial charge is 0.508 e. The third-order valence-electron chi connectivity index (χ3n) is 3.26. The van der Waals surface area contributed by atoms with Gasteiger partial charge in [0.1, 0.15) is 5.75 Å². The lowest BCUT2D eigenvalue weighted by Gasteiger charge is -2.33. The van der Waals surface area contributed by atoms with Crippen LogP contribution in [0.2, 0.25) is 5.02 Å². The fraction of sp³-hybridized carbons (Fsp3) is 0.462. The van der Waals surface area contributed by atoms with E-state index in [4.69, 9.17) is 16.7 Å². The molecule has 0 unspecified atom stereocenters. The normalized spacial score (nSPS) is 17.5. The monoisotopic (exact) mass is 284 g/mol. The Bertz CT molecular complexity index is 459. The number of benzene rings is 1. The average molecular weight is 285 g/mol. The molecule has 19 heavy (non-hydrogen) atoms. The number of phenols is 1. The molecule has 1 aromatic rings. The van der Waals surface area contributed by atoms with Crippen LogP contribution in [-0.4, -0.2) is 58.7 Å². The lowest BCUT2D eigenvalue weighted by Crippen LogP contribution is -2.47. The Morgan fingerprint density at radius 2 is 1.84 bits per heavy atom. The zero-order valence-electron chi connectivity index (χ0n) is 10.5. The van der Waals surface area contributed by atoms with E-state index in [0.29, 0.717) is 11.6 Å². The van der Waals surface area contributed by atoms with Gasteiger partial charge in [-0.1, -0.05) is 11.6 Å². The summed E-state index contributed by atoms with van der Waals surface area (Å²) in [5.74, 6) is -0.543. The summed E-state index contributed by atoms with van der Waals surface area (Å²) >= 11 is 5.91. The van der Waals surface area contributed by atoms with Gasteiger partial charge in [-0.05, 0) is 18.2 Å². The van der Waals surface area contributed by atoms with Crippen LogP contribution in [0.15, 0.2) is 18.2 Å². The van der Waals surface area contributed by atoms with Crippen LogP contribution in [0.3, 0.4) is 0 Å². The Balaban J connectivity index is 1.88. The molecule has 1 saturated heterocycles. The molecular formula is C13H17ClN2O3. The van der Waals surface area contributed by atoms with Gasteiger partial charge < -0.3 is 10.2 Å². The summed E-state index contributed by atoms with van der Waals surface area (Å²) < 4.78 is 0. The number of halogens is 1. The molecule has 0 aromatic heterocycles. The maximum atomic E-state index is 10.6. The van der Waals surface area contributed by atoms with Crippen molar-refractivity contribution in [1.29, 1.82) is 0 Å². The average Bonchev–Trinajstić information content (AvgIpc) is 2.35. The molecule has 0 spiro atoms. The summed E-state index contributed by atoms with van der Waals surface area (Å²) in [6, 6.07) is 5.02. The molecule has 1 aliphatic rings. The molecule has 0 aliphatic carbocycles. The molecule has 0 bridgehead atoms. The highest BCUT2D eigenvalue weighted by atomic mass is 35.5. The summed E-state index contributed by atoms with van der Waals surface area (Å²) in [6.07, 6.45) is 0. The van der Waals surface area contributed by atoms with Gasteiger partial charge in [-0.2, -0.15) is 0 Å². The fourth-order valence-electron chi connectivity index (χ4n) is 2.22. The number of piperazine rings is 1. The van der Waals surface area contributed by atoms with Crippen molar-refractivity contribution < 1.29 is 15.0 Å². The van der Waals surface area contributed by atoms with Crippen LogP contribution >= 0.6 is 11.6 Å². The Morgan fingerprint density at radius 1 is 1.21 bits per heavy atom. The number of hydrogen-bond acceptors (Lipinski definition) is 4. The Hall–Kier alpha value is -1.30. The van der Waals surface area contributed by atoms with Crippen molar-refractivity contribution in [2.24, 2.45) is 0 Å². The molecule has 2 rings (SSSR count). The molecule has 0 saturated carbocycles. The standard InChI is InChI=1S/C13H17ClN2O3/c14-11-1-2-12(17)10(7-11)8-15-3-5-16(6-4-15)9-13(18)19/h1-2,7,17H,3-6,8-9H2,(H,18,19). The van der Waals surface area contributed by atoms with Crippen LogP contribution in [0, 0.1) is 0 Å². The lowest BCUT2D eigenvalue weighted by molar-refractivity contribution is -0.138. The minimum Gasteiger partial charge on any atom is -0.508 e. The number of rotatable bonds is 4. The Labute approximate surface area is 117 Å². The number of carboxylic acids is 1. The van der Waals surface area contributed by atoms with Gasteiger partial charge in [0.05, 0.1) is 6.54 Å². The fourth-order valence-corrected chi connectivity index (χ4v) is 2.41. The van der Waals surface area contributed by atoms with Crippen molar-refractivity contribution in [1.82, 2.24) is 9.80 Å². The summed E-state index contributed by atoms with van der Waals surface area (Å²) in [7, 11) is 0. The van der Waals surface area contributed by atoms with Gasteiger partial charge in [-0.25, -0.2) is 0 Å². The first-order chi connectivity index (χ1) is 9.04. The van der Waals surface area contributed by atoms with Crippen LogP contribution in [0.4, 0.5) is 0 Å². The van der Waals surface area contributed by atoms with E-state index in [0.717, 1.165) is 31.7 Å². The minimum atomic E-state index is -0.791.